The van der Waals surface area contributed by atoms with Gasteiger partial charge in [-0.05, 0) is 64.2 Å². The number of rotatable bonds is 49. The molecule has 0 spiro atoms. The fourth-order valence-electron chi connectivity index (χ4n) is 7.63. The Morgan fingerprint density at radius 3 is 1.11 bits per heavy atom. The van der Waals surface area contributed by atoms with Crippen LogP contribution in [-0.4, -0.2) is 37.0 Å². The van der Waals surface area contributed by atoms with Gasteiger partial charge in [0.1, 0.15) is 6.10 Å². The summed E-state index contributed by atoms with van der Waals surface area (Å²) in [7, 11) is 0. The molecule has 0 aromatic carbocycles. The van der Waals surface area contributed by atoms with Gasteiger partial charge >= 0.3 is 5.97 Å². The van der Waals surface area contributed by atoms with Gasteiger partial charge in [-0.3, -0.25) is 4.79 Å². The van der Waals surface area contributed by atoms with Gasteiger partial charge in [-0.15, -0.1) is 0 Å². The van der Waals surface area contributed by atoms with Crippen LogP contribution in [0.5, 0.6) is 0 Å². The molecule has 0 heterocycles. The summed E-state index contributed by atoms with van der Waals surface area (Å²) in [6.45, 7) is 5.22. The van der Waals surface area contributed by atoms with Gasteiger partial charge in [-0.25, -0.2) is 0 Å². The van der Waals surface area contributed by atoms with Gasteiger partial charge in [0.05, 0.1) is 13.2 Å². The molecule has 354 valence electrons. The molecule has 4 nitrogen and oxygen atoms in total. The molecule has 1 unspecified atom stereocenters. The van der Waals surface area contributed by atoms with Gasteiger partial charge in [0.25, 0.3) is 0 Å². The first kappa shape index (κ1) is 58.8. The lowest BCUT2D eigenvalue weighted by atomic mass is 10.0. The first-order valence-corrected chi connectivity index (χ1v) is 26.5. The van der Waals surface area contributed by atoms with E-state index >= 15 is 0 Å². The molecular weight excluding hydrogens is 749 g/mol. The Bertz CT molecular complexity index is 1040. The topological polar surface area (TPSA) is 55.8 Å². The molecule has 0 aromatic heterocycles. The van der Waals surface area contributed by atoms with Crippen molar-refractivity contribution in [1.29, 1.82) is 0 Å². The molecule has 0 bridgehead atoms. The Balaban J connectivity index is 3.44. The molecule has 0 aliphatic carbocycles. The van der Waals surface area contributed by atoms with E-state index in [0.717, 1.165) is 70.6 Å². The average Bonchev–Trinajstić information content (AvgIpc) is 3.27. The zero-order chi connectivity index (χ0) is 44.0. The summed E-state index contributed by atoms with van der Waals surface area (Å²) < 4.78 is 11.2. The fourth-order valence-corrected chi connectivity index (χ4v) is 7.63. The molecule has 0 radical (unpaired) electrons. The molecule has 0 aliphatic rings. The third kappa shape index (κ3) is 52.1. The standard InChI is InChI=1S/C57H102O4/c1-3-5-7-9-11-13-15-17-19-21-23-25-27-29-30-32-34-36-38-40-42-44-46-48-50-52-57(59)61-56(54-58)55-60-53-51-49-47-45-43-41-39-37-35-33-31-28-26-24-22-20-18-16-14-12-10-8-6-4-2/h6,8,12,14,18,20,24,26,31,33,37,39,56,58H,3-5,7,9-11,13,15-17,19,21-23,25,27-30,32,34-36,38,40-55H2,1-2H3/b8-6-,14-12-,20-18-,26-24-,33-31-,39-37-. The minimum Gasteiger partial charge on any atom is -0.457 e. The molecular formula is C57H102O4. The molecule has 61 heavy (non-hydrogen) atoms. The summed E-state index contributed by atoms with van der Waals surface area (Å²) in [4.78, 5) is 12.3. The van der Waals surface area contributed by atoms with E-state index in [-0.39, 0.29) is 19.2 Å². The highest BCUT2D eigenvalue weighted by Gasteiger charge is 2.13. The molecule has 1 N–H and O–H groups in total. The highest BCUT2D eigenvalue weighted by Crippen LogP contribution is 2.16. The predicted molar refractivity (Wildman–Crippen MR) is 269 cm³/mol. The van der Waals surface area contributed by atoms with Crippen molar-refractivity contribution in [1.82, 2.24) is 0 Å². The Morgan fingerprint density at radius 2 is 0.738 bits per heavy atom. The number of unbranched alkanes of at least 4 members (excludes halogenated alkanes) is 29. The lowest BCUT2D eigenvalue weighted by Crippen LogP contribution is -2.27. The third-order valence-corrected chi connectivity index (χ3v) is 11.5. The van der Waals surface area contributed by atoms with Crippen molar-refractivity contribution < 1.29 is 19.4 Å². The fraction of sp³-hybridized carbons (Fsp3) is 0.772. The summed E-state index contributed by atoms with van der Waals surface area (Å²) in [5.74, 6) is -0.205. The molecule has 1 atom stereocenters. The number of carbonyl (C=O) groups is 1. The van der Waals surface area contributed by atoms with Gasteiger partial charge in [-0.1, -0.05) is 260 Å². The number of hydrogen-bond donors (Lipinski definition) is 1. The maximum absolute atomic E-state index is 12.3. The van der Waals surface area contributed by atoms with Crippen LogP contribution in [0.4, 0.5) is 0 Å². The van der Waals surface area contributed by atoms with Crippen LogP contribution in [0.3, 0.4) is 0 Å². The van der Waals surface area contributed by atoms with E-state index in [1.807, 2.05) is 0 Å². The second-order valence-corrected chi connectivity index (χ2v) is 17.6. The van der Waals surface area contributed by atoms with Crippen molar-refractivity contribution in [3.63, 3.8) is 0 Å². The van der Waals surface area contributed by atoms with Crippen LogP contribution in [0.2, 0.25) is 0 Å². The van der Waals surface area contributed by atoms with Gasteiger partial charge in [-0.2, -0.15) is 0 Å². The van der Waals surface area contributed by atoms with Crippen LogP contribution in [0, 0.1) is 0 Å². The van der Waals surface area contributed by atoms with Gasteiger partial charge in [0.15, 0.2) is 0 Å². The number of aliphatic hydroxyl groups excluding tert-OH is 1. The normalized spacial score (nSPS) is 12.9. The summed E-state index contributed by atoms with van der Waals surface area (Å²) in [6.07, 6.45) is 74.3. The Labute approximate surface area is 380 Å². The van der Waals surface area contributed by atoms with Crippen molar-refractivity contribution in [2.75, 3.05) is 19.8 Å². The Morgan fingerprint density at radius 1 is 0.410 bits per heavy atom. The number of esters is 1. The summed E-state index contributed by atoms with van der Waals surface area (Å²) in [5, 5.41) is 9.66. The largest absolute Gasteiger partial charge is 0.457 e. The van der Waals surface area contributed by atoms with Gasteiger partial charge in [0, 0.05) is 13.0 Å². The smallest absolute Gasteiger partial charge is 0.306 e. The Kier molecular flexibility index (Phi) is 52.0. The lowest BCUT2D eigenvalue weighted by molar-refractivity contribution is -0.154. The van der Waals surface area contributed by atoms with Crippen molar-refractivity contribution in [2.24, 2.45) is 0 Å². The van der Waals surface area contributed by atoms with E-state index < -0.39 is 6.10 Å². The number of aliphatic hydroxyl groups is 1. The van der Waals surface area contributed by atoms with Crippen molar-refractivity contribution >= 4 is 5.97 Å². The van der Waals surface area contributed by atoms with Crippen LogP contribution < -0.4 is 0 Å². The van der Waals surface area contributed by atoms with Crippen LogP contribution in [0.15, 0.2) is 72.9 Å². The van der Waals surface area contributed by atoms with E-state index in [9.17, 15) is 9.90 Å². The van der Waals surface area contributed by atoms with E-state index in [4.69, 9.17) is 9.47 Å². The van der Waals surface area contributed by atoms with Crippen LogP contribution in [0.1, 0.15) is 258 Å². The zero-order valence-electron chi connectivity index (χ0n) is 40.7. The van der Waals surface area contributed by atoms with E-state index in [2.05, 4.69) is 86.8 Å². The van der Waals surface area contributed by atoms with Crippen LogP contribution in [-0.2, 0) is 14.3 Å². The lowest BCUT2D eigenvalue weighted by Gasteiger charge is -2.15. The molecule has 4 heteroatoms. The molecule has 0 rings (SSSR count). The number of allylic oxidation sites excluding steroid dienone is 12. The first-order chi connectivity index (χ1) is 30.2. The molecule has 0 saturated heterocycles. The number of carbonyl (C=O) groups excluding carboxylic acids is 1. The molecule has 0 fully saturated rings. The zero-order valence-corrected chi connectivity index (χ0v) is 40.7. The summed E-state index contributed by atoms with van der Waals surface area (Å²) in [6, 6.07) is 0. The minimum absolute atomic E-state index is 0.181. The SMILES string of the molecule is CC/C=C\C/C=C\C/C=C\C/C=C\C/C=C\C/C=C\CCCCCCCOCC(CO)OC(=O)CCCCCCCCCCCCCCCCCCCCCCCCCCC. The highest BCUT2D eigenvalue weighted by atomic mass is 16.6. The summed E-state index contributed by atoms with van der Waals surface area (Å²) >= 11 is 0. The quantitative estimate of drug-likeness (QED) is 0.0376. The first-order valence-electron chi connectivity index (χ1n) is 26.5. The van der Waals surface area contributed by atoms with Gasteiger partial charge in [0.2, 0.25) is 0 Å². The second kappa shape index (κ2) is 54.0. The van der Waals surface area contributed by atoms with Crippen molar-refractivity contribution in [2.45, 2.75) is 264 Å². The maximum atomic E-state index is 12.3. The monoisotopic (exact) mass is 851 g/mol. The highest BCUT2D eigenvalue weighted by molar-refractivity contribution is 5.69. The van der Waals surface area contributed by atoms with E-state index in [0.29, 0.717) is 13.0 Å². The number of hydrogen-bond acceptors (Lipinski definition) is 4. The van der Waals surface area contributed by atoms with Crippen LogP contribution >= 0.6 is 0 Å². The molecule has 0 aliphatic heterocycles. The minimum atomic E-state index is -0.548. The molecule has 0 aromatic rings. The molecule has 0 saturated carbocycles. The number of ether oxygens (including phenoxy) is 2. The van der Waals surface area contributed by atoms with E-state index in [1.165, 1.54) is 167 Å². The summed E-state index contributed by atoms with van der Waals surface area (Å²) in [5.41, 5.74) is 0. The Hall–Kier alpha value is -2.17. The maximum Gasteiger partial charge on any atom is 0.306 e. The van der Waals surface area contributed by atoms with E-state index in [1.54, 1.807) is 0 Å². The van der Waals surface area contributed by atoms with Crippen molar-refractivity contribution in [3.8, 4) is 0 Å². The second-order valence-electron chi connectivity index (χ2n) is 17.6. The van der Waals surface area contributed by atoms with Crippen LogP contribution in [0.25, 0.3) is 0 Å². The van der Waals surface area contributed by atoms with Gasteiger partial charge < -0.3 is 14.6 Å². The third-order valence-electron chi connectivity index (χ3n) is 11.5. The van der Waals surface area contributed by atoms with Crippen molar-refractivity contribution in [3.05, 3.63) is 72.9 Å². The molecule has 0 amide bonds. The average molecular weight is 851 g/mol. The predicted octanol–water partition coefficient (Wildman–Crippen LogP) is 18.1.